The van der Waals surface area contributed by atoms with Crippen molar-refractivity contribution in [2.24, 2.45) is 0 Å². The van der Waals surface area contributed by atoms with Gasteiger partial charge >= 0.3 is 5.97 Å². The van der Waals surface area contributed by atoms with Gasteiger partial charge in [0.2, 0.25) is 0 Å². The Balaban J connectivity index is 1.44. The first-order chi connectivity index (χ1) is 19.2. The first kappa shape index (κ1) is 26.8. The molecule has 0 aliphatic heterocycles. The maximum Gasteiger partial charge on any atom is 0.338 e. The van der Waals surface area contributed by atoms with Crippen LogP contribution in [0.4, 0.5) is 5.69 Å². The van der Waals surface area contributed by atoms with E-state index in [1.807, 2.05) is 82.3 Å². The number of aryl methyl sites for hydroxylation is 3. The van der Waals surface area contributed by atoms with Gasteiger partial charge in [-0.3, -0.25) is 4.79 Å². The standard InChI is InChI=1S/C34H31N3O3/c1-20-9-13-25(14-10-20)31-32(26-15-11-21(2)12-16-26)36-30-19-27(17-18-29(30)35-31)34(39)40-24(5)33(38)37-28-8-6-7-22(3)23(28)4/h6-19,24H,1-5H3,(H,37,38). The van der Waals surface area contributed by atoms with Gasteiger partial charge in [-0.15, -0.1) is 0 Å². The van der Waals surface area contributed by atoms with Gasteiger partial charge in [0.1, 0.15) is 0 Å². The Kier molecular flexibility index (Phi) is 7.43. The van der Waals surface area contributed by atoms with Crippen molar-refractivity contribution in [2.75, 3.05) is 5.32 Å². The monoisotopic (exact) mass is 529 g/mol. The molecular weight excluding hydrogens is 498 g/mol. The van der Waals surface area contributed by atoms with Crippen LogP contribution in [0.15, 0.2) is 84.9 Å². The summed E-state index contributed by atoms with van der Waals surface area (Å²) in [4.78, 5) is 35.7. The van der Waals surface area contributed by atoms with E-state index in [2.05, 4.69) is 17.4 Å². The first-order valence-corrected chi connectivity index (χ1v) is 13.2. The maximum atomic E-state index is 13.0. The van der Waals surface area contributed by atoms with Crippen LogP contribution in [-0.4, -0.2) is 27.9 Å². The minimum atomic E-state index is -0.985. The third kappa shape index (κ3) is 5.61. The molecule has 4 aromatic carbocycles. The van der Waals surface area contributed by atoms with Crippen LogP contribution in [0.5, 0.6) is 0 Å². The molecule has 0 aliphatic carbocycles. The number of carbonyl (C=O) groups excluding carboxylic acids is 2. The van der Waals surface area contributed by atoms with Gasteiger partial charge in [-0.05, 0) is 70.0 Å². The zero-order chi connectivity index (χ0) is 28.4. The molecule has 1 aromatic heterocycles. The average Bonchev–Trinajstić information content (AvgIpc) is 2.95. The number of amides is 1. The smallest absolute Gasteiger partial charge is 0.338 e. The second-order valence-corrected chi connectivity index (χ2v) is 10.1. The number of hydrogen-bond acceptors (Lipinski definition) is 5. The fraction of sp³-hybridized carbons (Fsp3) is 0.176. The van der Waals surface area contributed by atoms with Gasteiger partial charge in [-0.2, -0.15) is 0 Å². The fourth-order valence-corrected chi connectivity index (χ4v) is 4.41. The van der Waals surface area contributed by atoms with E-state index in [0.29, 0.717) is 22.3 Å². The summed E-state index contributed by atoms with van der Waals surface area (Å²) in [5, 5.41) is 2.85. The molecule has 40 heavy (non-hydrogen) atoms. The molecule has 0 fully saturated rings. The summed E-state index contributed by atoms with van der Waals surface area (Å²) in [5.41, 5.74) is 9.94. The number of carbonyl (C=O) groups is 2. The number of rotatable bonds is 6. The number of aromatic nitrogens is 2. The van der Waals surface area contributed by atoms with Crippen molar-refractivity contribution in [1.82, 2.24) is 9.97 Å². The van der Waals surface area contributed by atoms with Crippen LogP contribution >= 0.6 is 0 Å². The average molecular weight is 530 g/mol. The zero-order valence-electron chi connectivity index (χ0n) is 23.3. The van der Waals surface area contributed by atoms with E-state index in [4.69, 9.17) is 14.7 Å². The Bertz CT molecular complexity index is 1730. The number of hydrogen-bond donors (Lipinski definition) is 1. The highest BCUT2D eigenvalue weighted by Crippen LogP contribution is 2.32. The van der Waals surface area contributed by atoms with Gasteiger partial charge in [-0.1, -0.05) is 71.8 Å². The van der Waals surface area contributed by atoms with Crippen molar-refractivity contribution < 1.29 is 14.3 Å². The lowest BCUT2D eigenvalue weighted by atomic mass is 10.0. The molecule has 0 saturated heterocycles. The molecule has 1 N–H and O–H groups in total. The number of benzene rings is 4. The quantitative estimate of drug-likeness (QED) is 0.232. The van der Waals surface area contributed by atoms with E-state index in [9.17, 15) is 9.59 Å². The molecule has 1 heterocycles. The molecule has 6 heteroatoms. The maximum absolute atomic E-state index is 13.0. The summed E-state index contributed by atoms with van der Waals surface area (Å²) in [5.74, 6) is -1.00. The summed E-state index contributed by atoms with van der Waals surface area (Å²) < 4.78 is 5.52. The van der Waals surface area contributed by atoms with E-state index >= 15 is 0 Å². The van der Waals surface area contributed by atoms with Crippen molar-refractivity contribution in [2.45, 2.75) is 40.7 Å². The Morgan fingerprint density at radius 2 is 1.30 bits per heavy atom. The third-order valence-electron chi connectivity index (χ3n) is 7.07. The molecule has 0 aliphatic rings. The van der Waals surface area contributed by atoms with Crippen LogP contribution in [0.2, 0.25) is 0 Å². The van der Waals surface area contributed by atoms with E-state index < -0.39 is 18.0 Å². The van der Waals surface area contributed by atoms with Crippen LogP contribution in [-0.2, 0) is 9.53 Å². The van der Waals surface area contributed by atoms with Crippen LogP contribution in [0.3, 0.4) is 0 Å². The van der Waals surface area contributed by atoms with Crippen molar-refractivity contribution in [3.63, 3.8) is 0 Å². The number of esters is 1. The Morgan fingerprint density at radius 1 is 0.725 bits per heavy atom. The highest BCUT2D eigenvalue weighted by Gasteiger charge is 2.21. The van der Waals surface area contributed by atoms with Gasteiger partial charge in [0, 0.05) is 16.8 Å². The van der Waals surface area contributed by atoms with E-state index in [0.717, 1.165) is 44.8 Å². The molecule has 5 aromatic rings. The van der Waals surface area contributed by atoms with Crippen LogP contribution in [0.25, 0.3) is 33.5 Å². The minimum absolute atomic E-state index is 0.297. The normalized spacial score (nSPS) is 11.7. The Morgan fingerprint density at radius 3 is 1.90 bits per heavy atom. The van der Waals surface area contributed by atoms with Crippen molar-refractivity contribution >= 4 is 28.6 Å². The van der Waals surface area contributed by atoms with Gasteiger partial charge in [-0.25, -0.2) is 14.8 Å². The second-order valence-electron chi connectivity index (χ2n) is 10.1. The van der Waals surface area contributed by atoms with Gasteiger partial charge in [0.05, 0.1) is 28.0 Å². The van der Waals surface area contributed by atoms with Crippen LogP contribution in [0, 0.1) is 27.7 Å². The molecule has 0 spiro atoms. The van der Waals surface area contributed by atoms with Gasteiger partial charge in [0.25, 0.3) is 5.91 Å². The predicted molar refractivity (Wildman–Crippen MR) is 159 cm³/mol. The second kappa shape index (κ2) is 11.1. The topological polar surface area (TPSA) is 81.2 Å². The summed E-state index contributed by atoms with van der Waals surface area (Å²) in [6.45, 7) is 9.56. The van der Waals surface area contributed by atoms with Crippen LogP contribution < -0.4 is 5.32 Å². The molecule has 6 nitrogen and oxygen atoms in total. The van der Waals surface area contributed by atoms with Gasteiger partial charge < -0.3 is 10.1 Å². The predicted octanol–water partition coefficient (Wildman–Crippen LogP) is 7.38. The molecule has 5 rings (SSSR count). The van der Waals surface area contributed by atoms with E-state index in [-0.39, 0.29) is 0 Å². The summed E-state index contributed by atoms with van der Waals surface area (Å²) in [7, 11) is 0. The SMILES string of the molecule is Cc1ccc(-c2nc3ccc(C(=O)OC(C)C(=O)Nc4cccc(C)c4C)cc3nc2-c2ccc(C)cc2)cc1. The Hall–Kier alpha value is -4.84. The summed E-state index contributed by atoms with van der Waals surface area (Å²) >= 11 is 0. The summed E-state index contributed by atoms with van der Waals surface area (Å²) in [6, 6.07) is 27.1. The largest absolute Gasteiger partial charge is 0.449 e. The molecule has 1 unspecified atom stereocenters. The molecule has 0 bridgehead atoms. The fourth-order valence-electron chi connectivity index (χ4n) is 4.41. The third-order valence-corrected chi connectivity index (χ3v) is 7.07. The van der Waals surface area contributed by atoms with E-state index in [1.54, 1.807) is 25.1 Å². The highest BCUT2D eigenvalue weighted by molar-refractivity contribution is 5.99. The molecule has 200 valence electrons. The number of anilines is 1. The van der Waals surface area contributed by atoms with Crippen molar-refractivity contribution in [3.8, 4) is 22.5 Å². The molecule has 0 saturated carbocycles. The van der Waals surface area contributed by atoms with Crippen molar-refractivity contribution in [3.05, 3.63) is 113 Å². The molecule has 1 amide bonds. The lowest BCUT2D eigenvalue weighted by Gasteiger charge is -2.16. The number of nitrogens with one attached hydrogen (secondary N) is 1. The minimum Gasteiger partial charge on any atom is -0.449 e. The molecule has 0 radical (unpaired) electrons. The first-order valence-electron chi connectivity index (χ1n) is 13.2. The summed E-state index contributed by atoms with van der Waals surface area (Å²) in [6.07, 6.45) is -0.985. The number of nitrogens with zero attached hydrogens (tertiary/aromatic N) is 2. The molecular formula is C34H31N3O3. The van der Waals surface area contributed by atoms with Gasteiger partial charge in [0.15, 0.2) is 6.10 Å². The molecule has 1 atom stereocenters. The lowest BCUT2D eigenvalue weighted by molar-refractivity contribution is -0.123. The van der Waals surface area contributed by atoms with Crippen LogP contribution in [0.1, 0.15) is 39.5 Å². The number of ether oxygens (including phenoxy) is 1. The highest BCUT2D eigenvalue weighted by atomic mass is 16.5. The lowest BCUT2D eigenvalue weighted by Crippen LogP contribution is -2.30. The van der Waals surface area contributed by atoms with Crippen molar-refractivity contribution in [1.29, 1.82) is 0 Å². The number of fused-ring (bicyclic) bond motifs is 1. The Labute approximate surface area is 234 Å². The zero-order valence-corrected chi connectivity index (χ0v) is 23.3. The van der Waals surface area contributed by atoms with E-state index in [1.165, 1.54) is 0 Å².